The van der Waals surface area contributed by atoms with E-state index in [0.717, 1.165) is 20.7 Å². The summed E-state index contributed by atoms with van der Waals surface area (Å²) in [5.74, 6) is 0.701. The lowest BCUT2D eigenvalue weighted by molar-refractivity contribution is 1.23. The van der Waals surface area contributed by atoms with Crippen LogP contribution in [0.15, 0.2) is 34.9 Å². The van der Waals surface area contributed by atoms with Gasteiger partial charge < -0.3 is 5.73 Å². The fourth-order valence-corrected chi connectivity index (χ4v) is 2.89. The maximum absolute atomic E-state index is 6.12. The minimum absolute atomic E-state index is 0.701. The predicted octanol–water partition coefficient (Wildman–Crippen LogP) is 3.72. The summed E-state index contributed by atoms with van der Waals surface area (Å²) in [5.41, 5.74) is 8.01. The van der Waals surface area contributed by atoms with Crippen LogP contribution in [0.25, 0.3) is 16.2 Å². The van der Waals surface area contributed by atoms with Crippen LogP contribution in [-0.2, 0) is 0 Å². The van der Waals surface area contributed by atoms with Crippen molar-refractivity contribution in [3.8, 4) is 11.3 Å². The minimum Gasteiger partial charge on any atom is -0.383 e. The van der Waals surface area contributed by atoms with Crippen molar-refractivity contribution < 1.29 is 0 Å². The second-order valence-corrected chi connectivity index (χ2v) is 5.98. The summed E-state index contributed by atoms with van der Waals surface area (Å²) in [5, 5.41) is 0. The van der Waals surface area contributed by atoms with Crippen molar-refractivity contribution >= 4 is 38.0 Å². The Hall–Kier alpha value is -1.33. The Balaban J connectivity index is 2.20. The lowest BCUT2D eigenvalue weighted by Gasteiger charge is -1.99. The largest absolute Gasteiger partial charge is 0.383 e. The summed E-state index contributed by atoms with van der Waals surface area (Å²) >= 11 is 5.07. The van der Waals surface area contributed by atoms with Gasteiger partial charge in [0.15, 0.2) is 4.96 Å². The number of halogens is 1. The van der Waals surface area contributed by atoms with Gasteiger partial charge in [0.2, 0.25) is 0 Å². The average molecular weight is 308 g/mol. The Kier molecular flexibility index (Phi) is 2.45. The average Bonchev–Trinajstić information content (AvgIpc) is 2.79. The van der Waals surface area contributed by atoms with E-state index in [1.54, 1.807) is 11.3 Å². The SMILES string of the molecule is Cc1cn2c(N)c(-c3ccc(Br)cc3)nc2s1. The molecular formula is C12H10BrN3S. The van der Waals surface area contributed by atoms with Gasteiger partial charge in [0.05, 0.1) is 0 Å². The number of fused-ring (bicyclic) bond motifs is 1. The first kappa shape index (κ1) is 10.8. The fourth-order valence-electron chi connectivity index (χ4n) is 1.79. The first-order chi connectivity index (χ1) is 8.15. The third-order valence-corrected chi connectivity index (χ3v) is 4.02. The Morgan fingerprint density at radius 3 is 2.65 bits per heavy atom. The zero-order valence-electron chi connectivity index (χ0n) is 9.14. The van der Waals surface area contributed by atoms with Crippen molar-refractivity contribution in [1.29, 1.82) is 0 Å². The van der Waals surface area contributed by atoms with Gasteiger partial charge in [-0.1, -0.05) is 28.1 Å². The molecule has 0 bridgehead atoms. The molecule has 17 heavy (non-hydrogen) atoms. The number of hydrogen-bond acceptors (Lipinski definition) is 3. The van der Waals surface area contributed by atoms with Gasteiger partial charge in [0.25, 0.3) is 0 Å². The van der Waals surface area contributed by atoms with E-state index in [-0.39, 0.29) is 0 Å². The van der Waals surface area contributed by atoms with Gasteiger partial charge in [0.1, 0.15) is 11.5 Å². The number of aryl methyl sites for hydroxylation is 1. The van der Waals surface area contributed by atoms with Crippen molar-refractivity contribution in [2.75, 3.05) is 5.73 Å². The molecule has 2 N–H and O–H groups in total. The Morgan fingerprint density at radius 1 is 1.29 bits per heavy atom. The quantitative estimate of drug-likeness (QED) is 0.744. The second kappa shape index (κ2) is 3.85. The molecule has 0 saturated heterocycles. The molecule has 2 heterocycles. The van der Waals surface area contributed by atoms with Crippen molar-refractivity contribution in [1.82, 2.24) is 9.38 Å². The molecule has 0 aliphatic rings. The molecule has 3 rings (SSSR count). The monoisotopic (exact) mass is 307 g/mol. The number of nitrogen functional groups attached to an aromatic ring is 1. The van der Waals surface area contributed by atoms with E-state index >= 15 is 0 Å². The van der Waals surface area contributed by atoms with Gasteiger partial charge in [-0.3, -0.25) is 4.40 Å². The van der Waals surface area contributed by atoms with Gasteiger partial charge in [-0.25, -0.2) is 4.98 Å². The van der Waals surface area contributed by atoms with Crippen molar-refractivity contribution in [2.45, 2.75) is 6.92 Å². The van der Waals surface area contributed by atoms with Crippen LogP contribution in [0.5, 0.6) is 0 Å². The molecule has 0 spiro atoms. The van der Waals surface area contributed by atoms with Crippen molar-refractivity contribution in [3.05, 3.63) is 39.8 Å². The molecule has 1 aromatic carbocycles. The highest BCUT2D eigenvalue weighted by atomic mass is 79.9. The number of imidazole rings is 1. The van der Waals surface area contributed by atoms with Gasteiger partial charge >= 0.3 is 0 Å². The summed E-state index contributed by atoms with van der Waals surface area (Å²) in [4.78, 5) is 6.73. The van der Waals surface area contributed by atoms with E-state index in [9.17, 15) is 0 Å². The van der Waals surface area contributed by atoms with Crippen LogP contribution in [0.3, 0.4) is 0 Å². The van der Waals surface area contributed by atoms with Gasteiger partial charge in [-0.2, -0.15) is 0 Å². The van der Waals surface area contributed by atoms with Crippen LogP contribution >= 0.6 is 27.3 Å². The van der Waals surface area contributed by atoms with Crippen LogP contribution in [0.2, 0.25) is 0 Å². The molecule has 0 atom stereocenters. The Labute approximate surface area is 111 Å². The number of nitrogens with zero attached hydrogens (tertiary/aromatic N) is 2. The number of anilines is 1. The topological polar surface area (TPSA) is 43.3 Å². The summed E-state index contributed by atoms with van der Waals surface area (Å²) in [7, 11) is 0. The molecular weight excluding hydrogens is 298 g/mol. The zero-order chi connectivity index (χ0) is 12.0. The first-order valence-corrected chi connectivity index (χ1v) is 6.76. The van der Waals surface area contributed by atoms with Crippen molar-refractivity contribution in [2.24, 2.45) is 0 Å². The van der Waals surface area contributed by atoms with Gasteiger partial charge in [-0.15, -0.1) is 11.3 Å². The number of aromatic nitrogens is 2. The summed E-state index contributed by atoms with van der Waals surface area (Å²) in [6.45, 7) is 2.05. The van der Waals surface area contributed by atoms with Crippen LogP contribution in [0.1, 0.15) is 4.88 Å². The van der Waals surface area contributed by atoms with E-state index in [1.165, 1.54) is 4.88 Å². The number of benzene rings is 1. The van der Waals surface area contributed by atoms with E-state index in [0.29, 0.717) is 5.82 Å². The number of nitrogens with two attached hydrogens (primary N) is 1. The predicted molar refractivity (Wildman–Crippen MR) is 75.4 cm³/mol. The number of thiazole rings is 1. The molecule has 3 nitrogen and oxygen atoms in total. The highest BCUT2D eigenvalue weighted by Crippen LogP contribution is 2.30. The first-order valence-electron chi connectivity index (χ1n) is 5.15. The molecule has 0 aliphatic carbocycles. The van der Waals surface area contributed by atoms with Gasteiger partial charge in [0, 0.05) is 21.1 Å². The normalized spacial score (nSPS) is 11.2. The molecule has 5 heteroatoms. The lowest BCUT2D eigenvalue weighted by atomic mass is 10.1. The van der Waals surface area contributed by atoms with Crippen molar-refractivity contribution in [3.63, 3.8) is 0 Å². The third kappa shape index (κ3) is 1.75. The Morgan fingerprint density at radius 2 is 2.00 bits per heavy atom. The maximum atomic E-state index is 6.12. The van der Waals surface area contributed by atoms with Crippen LogP contribution in [-0.4, -0.2) is 9.38 Å². The van der Waals surface area contributed by atoms with Crippen LogP contribution in [0, 0.1) is 6.92 Å². The highest BCUT2D eigenvalue weighted by Gasteiger charge is 2.12. The molecule has 86 valence electrons. The van der Waals surface area contributed by atoms with E-state index in [2.05, 4.69) is 27.8 Å². The molecule has 0 saturated carbocycles. The number of hydrogen-bond donors (Lipinski definition) is 1. The zero-order valence-corrected chi connectivity index (χ0v) is 11.5. The standard InChI is InChI=1S/C12H10BrN3S/c1-7-6-16-11(14)10(15-12(16)17-7)8-2-4-9(13)5-3-8/h2-6H,14H2,1H3. The fraction of sp³-hybridized carbons (Fsp3) is 0.0833. The molecule has 0 fully saturated rings. The van der Waals surface area contributed by atoms with E-state index < -0.39 is 0 Å². The molecule has 2 aromatic heterocycles. The molecule has 0 radical (unpaired) electrons. The summed E-state index contributed by atoms with van der Waals surface area (Å²) in [6.07, 6.45) is 2.02. The molecule has 3 aromatic rings. The molecule has 0 amide bonds. The van der Waals surface area contributed by atoms with E-state index in [1.807, 2.05) is 34.9 Å². The van der Waals surface area contributed by atoms with Crippen LogP contribution < -0.4 is 5.73 Å². The smallest absolute Gasteiger partial charge is 0.196 e. The number of rotatable bonds is 1. The summed E-state index contributed by atoms with van der Waals surface area (Å²) in [6, 6.07) is 8.01. The van der Waals surface area contributed by atoms with Crippen LogP contribution in [0.4, 0.5) is 5.82 Å². The maximum Gasteiger partial charge on any atom is 0.196 e. The lowest BCUT2D eigenvalue weighted by Crippen LogP contribution is -1.92. The summed E-state index contributed by atoms with van der Waals surface area (Å²) < 4.78 is 2.99. The Bertz CT molecular complexity index is 682. The second-order valence-electron chi connectivity index (χ2n) is 3.85. The highest BCUT2D eigenvalue weighted by molar-refractivity contribution is 9.10. The minimum atomic E-state index is 0.701. The van der Waals surface area contributed by atoms with E-state index in [4.69, 9.17) is 5.73 Å². The third-order valence-electron chi connectivity index (χ3n) is 2.60. The molecule has 0 unspecified atom stereocenters. The molecule has 0 aliphatic heterocycles. The van der Waals surface area contributed by atoms with Gasteiger partial charge in [-0.05, 0) is 19.1 Å².